The molecule has 1 aliphatic carbocycles. The lowest BCUT2D eigenvalue weighted by atomic mass is 9.82. The fraction of sp³-hybridized carbons (Fsp3) is 0.292. The topological polar surface area (TPSA) is 95.5 Å². The highest BCUT2D eigenvalue weighted by Gasteiger charge is 2.34. The molecule has 168 valence electrons. The van der Waals surface area contributed by atoms with Crippen LogP contribution in [0.1, 0.15) is 26.2 Å². The minimum Gasteiger partial charge on any atom is -0.481 e. The van der Waals surface area contributed by atoms with Gasteiger partial charge in [0.25, 0.3) is 0 Å². The molecule has 0 radical (unpaired) electrons. The van der Waals surface area contributed by atoms with E-state index in [2.05, 4.69) is 10.6 Å². The lowest BCUT2D eigenvalue weighted by Crippen LogP contribution is -2.34. The number of halogens is 1. The Kier molecular flexibility index (Phi) is 8.05. The van der Waals surface area contributed by atoms with E-state index in [4.69, 9.17) is 0 Å². The monoisotopic (exact) mass is 456 g/mol. The maximum absolute atomic E-state index is 13.1. The zero-order valence-electron chi connectivity index (χ0n) is 17.6. The lowest BCUT2D eigenvalue weighted by Gasteiger charge is -2.24. The molecule has 8 heteroatoms. The van der Waals surface area contributed by atoms with Crippen LogP contribution in [0.15, 0.2) is 65.6 Å². The Morgan fingerprint density at radius 2 is 1.72 bits per heavy atom. The molecule has 0 saturated carbocycles. The molecule has 2 amide bonds. The predicted molar refractivity (Wildman–Crippen MR) is 123 cm³/mol. The van der Waals surface area contributed by atoms with Crippen molar-refractivity contribution in [3.8, 4) is 0 Å². The molecule has 2 aromatic carbocycles. The first-order chi connectivity index (χ1) is 15.4. The second kappa shape index (κ2) is 10.9. The average molecular weight is 457 g/mol. The summed E-state index contributed by atoms with van der Waals surface area (Å²) in [6, 6.07) is 12.7. The van der Waals surface area contributed by atoms with Gasteiger partial charge in [0.05, 0.1) is 17.1 Å². The number of hydrogen-bond donors (Lipinski definition) is 3. The van der Waals surface area contributed by atoms with Gasteiger partial charge in [0.2, 0.25) is 11.8 Å². The van der Waals surface area contributed by atoms with Crippen molar-refractivity contribution >= 4 is 40.9 Å². The van der Waals surface area contributed by atoms with Crippen molar-refractivity contribution in [1.82, 2.24) is 0 Å². The minimum absolute atomic E-state index is 0.197. The number of aliphatic carboxylic acids is 1. The standard InChI is InChI=1S/C24H25FN2O4S/c1-2-21(23(29)26-16-12-10-15(25)11-13-16)32-18-7-5-6-17(14-18)27-22(28)19-8-3-4-9-20(19)24(30)31/h3-7,10-14,19-21H,2,8-9H2,1H3,(H,26,29)(H,27,28)(H,30,31). The number of carboxylic acids is 1. The van der Waals surface area contributed by atoms with Gasteiger partial charge in [-0.3, -0.25) is 14.4 Å². The summed E-state index contributed by atoms with van der Waals surface area (Å²) in [6.07, 6.45) is 4.93. The van der Waals surface area contributed by atoms with Crippen molar-refractivity contribution in [3.05, 3.63) is 66.5 Å². The molecule has 1 aliphatic rings. The van der Waals surface area contributed by atoms with E-state index < -0.39 is 17.8 Å². The van der Waals surface area contributed by atoms with Crippen LogP contribution in [0.2, 0.25) is 0 Å². The van der Waals surface area contributed by atoms with E-state index in [1.54, 1.807) is 24.3 Å². The van der Waals surface area contributed by atoms with Crippen molar-refractivity contribution in [3.63, 3.8) is 0 Å². The van der Waals surface area contributed by atoms with E-state index in [1.807, 2.05) is 19.1 Å². The number of nitrogens with one attached hydrogen (secondary N) is 2. The molecule has 3 atom stereocenters. The number of carbonyl (C=O) groups excluding carboxylic acids is 2. The third-order valence-electron chi connectivity index (χ3n) is 5.24. The molecule has 3 N–H and O–H groups in total. The second-order valence-corrected chi connectivity index (χ2v) is 8.80. The Balaban J connectivity index is 1.64. The second-order valence-electron chi connectivity index (χ2n) is 7.52. The molecule has 0 heterocycles. The quantitative estimate of drug-likeness (QED) is 0.386. The van der Waals surface area contributed by atoms with Gasteiger partial charge in [-0.15, -0.1) is 11.8 Å². The average Bonchev–Trinajstić information content (AvgIpc) is 2.79. The Morgan fingerprint density at radius 1 is 1.03 bits per heavy atom. The van der Waals surface area contributed by atoms with E-state index in [-0.39, 0.29) is 22.9 Å². The molecule has 2 aromatic rings. The fourth-order valence-corrected chi connectivity index (χ4v) is 4.51. The molecule has 0 bridgehead atoms. The van der Waals surface area contributed by atoms with Crippen molar-refractivity contribution in [2.75, 3.05) is 10.6 Å². The number of thioether (sulfide) groups is 1. The number of anilines is 2. The molecule has 3 rings (SSSR count). The minimum atomic E-state index is -0.975. The first kappa shape index (κ1) is 23.5. The SMILES string of the molecule is CCC(Sc1cccc(NC(=O)C2CC=CCC2C(=O)O)c1)C(=O)Nc1ccc(F)cc1. The Morgan fingerprint density at radius 3 is 2.38 bits per heavy atom. The highest BCUT2D eigenvalue weighted by molar-refractivity contribution is 8.00. The number of allylic oxidation sites excluding steroid dienone is 2. The van der Waals surface area contributed by atoms with Gasteiger partial charge in [0, 0.05) is 16.3 Å². The zero-order chi connectivity index (χ0) is 23.1. The largest absolute Gasteiger partial charge is 0.481 e. The summed E-state index contributed by atoms with van der Waals surface area (Å²) in [5.74, 6) is -3.24. The third-order valence-corrected chi connectivity index (χ3v) is 6.60. The van der Waals surface area contributed by atoms with E-state index in [0.29, 0.717) is 30.6 Å². The lowest BCUT2D eigenvalue weighted by molar-refractivity contribution is -0.146. The Hall–Kier alpha value is -3.13. The van der Waals surface area contributed by atoms with Crippen molar-refractivity contribution in [2.45, 2.75) is 36.3 Å². The van der Waals surface area contributed by atoms with Gasteiger partial charge in [-0.25, -0.2) is 4.39 Å². The van der Waals surface area contributed by atoms with Crippen LogP contribution in [0.3, 0.4) is 0 Å². The first-order valence-corrected chi connectivity index (χ1v) is 11.3. The summed E-state index contributed by atoms with van der Waals surface area (Å²) in [7, 11) is 0. The first-order valence-electron chi connectivity index (χ1n) is 10.4. The zero-order valence-corrected chi connectivity index (χ0v) is 18.4. The third kappa shape index (κ3) is 6.20. The van der Waals surface area contributed by atoms with Gasteiger partial charge in [-0.2, -0.15) is 0 Å². The molecule has 0 saturated heterocycles. The van der Waals surface area contributed by atoms with Crippen LogP contribution in [-0.2, 0) is 14.4 Å². The van der Waals surface area contributed by atoms with Crippen LogP contribution in [0.25, 0.3) is 0 Å². The number of benzene rings is 2. The molecule has 6 nitrogen and oxygen atoms in total. The Bertz CT molecular complexity index is 1010. The molecule has 0 aliphatic heterocycles. The summed E-state index contributed by atoms with van der Waals surface area (Å²) in [6.45, 7) is 1.90. The molecule has 3 unspecified atom stereocenters. The van der Waals surface area contributed by atoms with E-state index in [1.165, 1.54) is 36.0 Å². The van der Waals surface area contributed by atoms with Gasteiger partial charge >= 0.3 is 5.97 Å². The van der Waals surface area contributed by atoms with Crippen molar-refractivity contribution in [2.24, 2.45) is 11.8 Å². The highest BCUT2D eigenvalue weighted by atomic mass is 32.2. The van der Waals surface area contributed by atoms with E-state index >= 15 is 0 Å². The number of carbonyl (C=O) groups is 3. The number of hydrogen-bond acceptors (Lipinski definition) is 4. The van der Waals surface area contributed by atoms with Crippen LogP contribution < -0.4 is 10.6 Å². The summed E-state index contributed by atoms with van der Waals surface area (Å²) in [5, 5.41) is 14.6. The van der Waals surface area contributed by atoms with Crippen LogP contribution in [-0.4, -0.2) is 28.1 Å². The Labute approximate surface area is 190 Å². The normalized spacial score (nSPS) is 18.6. The molecule has 0 aromatic heterocycles. The van der Waals surface area contributed by atoms with Gasteiger partial charge in [0.1, 0.15) is 5.82 Å². The molecule has 0 fully saturated rings. The van der Waals surface area contributed by atoms with E-state index in [0.717, 1.165) is 4.90 Å². The van der Waals surface area contributed by atoms with Gasteiger partial charge in [-0.1, -0.05) is 25.1 Å². The summed E-state index contributed by atoms with van der Waals surface area (Å²) in [5.41, 5.74) is 1.07. The van der Waals surface area contributed by atoms with Gasteiger partial charge < -0.3 is 15.7 Å². The maximum atomic E-state index is 13.1. The highest BCUT2D eigenvalue weighted by Crippen LogP contribution is 2.30. The number of amides is 2. The van der Waals surface area contributed by atoms with Crippen LogP contribution in [0, 0.1) is 17.7 Å². The maximum Gasteiger partial charge on any atom is 0.307 e. The summed E-state index contributed by atoms with van der Waals surface area (Å²) < 4.78 is 13.1. The molecular weight excluding hydrogens is 431 g/mol. The summed E-state index contributed by atoms with van der Waals surface area (Å²) in [4.78, 5) is 37.6. The van der Waals surface area contributed by atoms with Crippen LogP contribution in [0.4, 0.5) is 15.8 Å². The van der Waals surface area contributed by atoms with Gasteiger partial charge in [0.15, 0.2) is 0 Å². The van der Waals surface area contributed by atoms with Gasteiger partial charge in [-0.05, 0) is 61.7 Å². The van der Waals surface area contributed by atoms with Crippen molar-refractivity contribution in [1.29, 1.82) is 0 Å². The van der Waals surface area contributed by atoms with Crippen molar-refractivity contribution < 1.29 is 23.9 Å². The molecule has 0 spiro atoms. The van der Waals surface area contributed by atoms with E-state index in [9.17, 15) is 23.9 Å². The fourth-order valence-electron chi connectivity index (χ4n) is 3.50. The predicted octanol–water partition coefficient (Wildman–Crippen LogP) is 4.94. The summed E-state index contributed by atoms with van der Waals surface area (Å²) >= 11 is 1.36. The molecule has 32 heavy (non-hydrogen) atoms. The van der Waals surface area contributed by atoms with Crippen LogP contribution in [0.5, 0.6) is 0 Å². The number of carboxylic acid groups (broad SMARTS) is 1. The van der Waals surface area contributed by atoms with Crippen LogP contribution >= 0.6 is 11.8 Å². The molecular formula is C24H25FN2O4S. The smallest absolute Gasteiger partial charge is 0.307 e. The number of rotatable bonds is 8.